The summed E-state index contributed by atoms with van der Waals surface area (Å²) in [7, 11) is 0. The van der Waals surface area contributed by atoms with Crippen molar-refractivity contribution in [2.24, 2.45) is 11.3 Å². The van der Waals surface area contributed by atoms with Gasteiger partial charge in [-0.25, -0.2) is 4.98 Å². The van der Waals surface area contributed by atoms with Gasteiger partial charge >= 0.3 is 0 Å². The third-order valence-electron chi connectivity index (χ3n) is 3.36. The number of hydrogen-bond acceptors (Lipinski definition) is 7. The second-order valence-corrected chi connectivity index (χ2v) is 7.14. The van der Waals surface area contributed by atoms with Gasteiger partial charge < -0.3 is 10.6 Å². The molecule has 0 saturated heterocycles. The van der Waals surface area contributed by atoms with Crippen LogP contribution in [-0.4, -0.2) is 22.6 Å². The molecule has 118 valence electrons. The molecule has 2 N–H and O–H groups in total. The second kappa shape index (κ2) is 6.82. The summed E-state index contributed by atoms with van der Waals surface area (Å²) in [5.41, 5.74) is -0.601. The molecule has 7 nitrogen and oxygen atoms in total. The van der Waals surface area contributed by atoms with Crippen molar-refractivity contribution in [1.82, 2.24) is 10.3 Å². The van der Waals surface area contributed by atoms with Crippen molar-refractivity contribution >= 4 is 40.0 Å². The van der Waals surface area contributed by atoms with Gasteiger partial charge in [-0.1, -0.05) is 25.6 Å². The number of hydrogen-bond donors (Lipinski definition) is 2. The van der Waals surface area contributed by atoms with Gasteiger partial charge in [-0.2, -0.15) is 10.5 Å². The lowest BCUT2D eigenvalue weighted by Crippen LogP contribution is -2.44. The molecule has 9 heteroatoms. The fourth-order valence-corrected chi connectivity index (χ4v) is 3.63. The number of thiazole rings is 1. The largest absolute Gasteiger partial charge is 0.319 e. The highest BCUT2D eigenvalue weighted by molar-refractivity contribution is 8.03. The minimum Gasteiger partial charge on any atom is -0.319 e. The van der Waals surface area contributed by atoms with E-state index in [1.165, 1.54) is 11.3 Å². The van der Waals surface area contributed by atoms with Crippen LogP contribution in [0.15, 0.2) is 22.2 Å². The molecule has 0 aromatic carbocycles. The van der Waals surface area contributed by atoms with Gasteiger partial charge in [0.2, 0.25) is 11.8 Å². The number of aromatic nitrogens is 1. The van der Waals surface area contributed by atoms with Crippen LogP contribution < -0.4 is 10.6 Å². The molecule has 0 fully saturated rings. The molecule has 2 rings (SSSR count). The molecule has 1 aromatic heterocycles. The normalized spacial score (nSPS) is 19.5. The van der Waals surface area contributed by atoms with Gasteiger partial charge in [0.05, 0.1) is 28.5 Å². The smallest absolute Gasteiger partial charge is 0.243 e. The van der Waals surface area contributed by atoms with Crippen molar-refractivity contribution in [1.29, 1.82) is 10.5 Å². The van der Waals surface area contributed by atoms with E-state index in [1.54, 1.807) is 25.4 Å². The number of amides is 2. The average molecular weight is 347 g/mol. The zero-order valence-corrected chi connectivity index (χ0v) is 14.0. The quantitative estimate of drug-likeness (QED) is 0.858. The summed E-state index contributed by atoms with van der Waals surface area (Å²) >= 11 is 2.36. The number of allylic oxidation sites excluding steroid dienone is 1. The third kappa shape index (κ3) is 3.52. The first-order chi connectivity index (χ1) is 10.9. The molecule has 0 radical (unpaired) electrons. The molecular weight excluding hydrogens is 334 g/mol. The van der Waals surface area contributed by atoms with Gasteiger partial charge in [0.15, 0.2) is 5.13 Å². The Labute approximate surface area is 141 Å². The van der Waals surface area contributed by atoms with E-state index in [9.17, 15) is 14.9 Å². The topological polar surface area (TPSA) is 119 Å². The number of nitrogens with zero attached hydrogens (tertiary/aromatic N) is 3. The lowest BCUT2D eigenvalue weighted by atomic mass is 9.72. The van der Waals surface area contributed by atoms with E-state index in [4.69, 9.17) is 5.26 Å². The maximum absolute atomic E-state index is 12.0. The van der Waals surface area contributed by atoms with Crippen molar-refractivity contribution in [2.75, 3.05) is 11.1 Å². The number of nitrogens with one attached hydrogen (secondary N) is 2. The molecule has 0 spiro atoms. The van der Waals surface area contributed by atoms with Crippen LogP contribution in [0.3, 0.4) is 0 Å². The molecular formula is C14H13N5O2S2. The van der Waals surface area contributed by atoms with E-state index in [0.29, 0.717) is 15.7 Å². The molecule has 0 bridgehead atoms. The van der Waals surface area contributed by atoms with Crippen LogP contribution in [0.25, 0.3) is 0 Å². The van der Waals surface area contributed by atoms with Gasteiger partial charge in [-0.05, 0) is 0 Å². The van der Waals surface area contributed by atoms with Crippen molar-refractivity contribution in [3.8, 4) is 12.1 Å². The highest BCUT2D eigenvalue weighted by Crippen LogP contribution is 2.41. The lowest BCUT2D eigenvalue weighted by molar-refractivity contribution is -0.125. The number of carbonyl (C=O) groups is 2. The Morgan fingerprint density at radius 1 is 1.57 bits per heavy atom. The predicted molar refractivity (Wildman–Crippen MR) is 86.9 cm³/mol. The Morgan fingerprint density at radius 2 is 2.30 bits per heavy atom. The second-order valence-electron chi connectivity index (χ2n) is 5.26. The molecule has 0 saturated carbocycles. The Morgan fingerprint density at radius 3 is 2.87 bits per heavy atom. The van der Waals surface area contributed by atoms with Crippen LogP contribution in [0.4, 0.5) is 5.13 Å². The van der Waals surface area contributed by atoms with E-state index in [-0.39, 0.29) is 11.7 Å². The SMILES string of the molecule is CC1(C)C(C#N)=C(SCC(=O)Nc2nccs2)NC(=O)C1C#N. The number of rotatable bonds is 4. The van der Waals surface area contributed by atoms with Crippen LogP contribution in [0.2, 0.25) is 0 Å². The summed E-state index contributed by atoms with van der Waals surface area (Å²) in [6, 6.07) is 3.98. The van der Waals surface area contributed by atoms with Crippen molar-refractivity contribution in [3.63, 3.8) is 0 Å². The number of anilines is 1. The average Bonchev–Trinajstić information content (AvgIpc) is 2.97. The van der Waals surface area contributed by atoms with Crippen LogP contribution in [0.5, 0.6) is 0 Å². The zero-order valence-electron chi connectivity index (χ0n) is 12.4. The summed E-state index contributed by atoms with van der Waals surface area (Å²) in [6.07, 6.45) is 1.58. The maximum Gasteiger partial charge on any atom is 0.243 e. The highest BCUT2D eigenvalue weighted by Gasteiger charge is 2.44. The monoisotopic (exact) mass is 347 g/mol. The predicted octanol–water partition coefficient (Wildman–Crippen LogP) is 1.85. The van der Waals surface area contributed by atoms with Crippen molar-refractivity contribution < 1.29 is 9.59 Å². The first kappa shape index (κ1) is 17.0. The Bertz CT molecular complexity index is 740. The first-order valence-electron chi connectivity index (χ1n) is 6.57. The number of nitriles is 2. The van der Waals surface area contributed by atoms with Gasteiger partial charge in [0.1, 0.15) is 5.92 Å². The van der Waals surface area contributed by atoms with E-state index in [2.05, 4.69) is 15.6 Å². The molecule has 1 aliphatic rings. The van der Waals surface area contributed by atoms with Crippen molar-refractivity contribution in [2.45, 2.75) is 13.8 Å². The summed E-state index contributed by atoms with van der Waals surface area (Å²) in [4.78, 5) is 27.8. The third-order valence-corrected chi connectivity index (χ3v) is 5.05. The van der Waals surface area contributed by atoms with Gasteiger partial charge in [-0.15, -0.1) is 11.3 Å². The Kier molecular flexibility index (Phi) is 5.04. The van der Waals surface area contributed by atoms with Crippen LogP contribution >= 0.6 is 23.1 Å². The van der Waals surface area contributed by atoms with Crippen LogP contribution in [0, 0.1) is 34.0 Å². The summed E-state index contributed by atoms with van der Waals surface area (Å²) in [5, 5.41) is 26.2. The van der Waals surface area contributed by atoms with E-state index in [1.807, 2.05) is 12.1 Å². The minimum atomic E-state index is -0.939. The molecule has 1 unspecified atom stereocenters. The first-order valence-corrected chi connectivity index (χ1v) is 8.44. The van der Waals surface area contributed by atoms with Gasteiger partial charge in [0.25, 0.3) is 0 Å². The molecule has 0 aliphatic carbocycles. The van der Waals surface area contributed by atoms with Crippen LogP contribution in [-0.2, 0) is 9.59 Å². The van der Waals surface area contributed by atoms with E-state index >= 15 is 0 Å². The number of carbonyl (C=O) groups excluding carboxylic acids is 2. The van der Waals surface area contributed by atoms with Crippen molar-refractivity contribution in [3.05, 3.63) is 22.2 Å². The summed E-state index contributed by atoms with van der Waals surface area (Å²) in [6.45, 7) is 3.35. The standard InChI is InChI=1S/C14H13N5O2S2/c1-14(2)8(5-15)11(21)19-12(9(14)6-16)23-7-10(20)18-13-17-3-4-22-13/h3-4,8H,7H2,1-2H3,(H,19,21)(H,17,18,20). The van der Waals surface area contributed by atoms with Gasteiger partial charge in [-0.3, -0.25) is 9.59 Å². The summed E-state index contributed by atoms with van der Waals surface area (Å²) < 4.78 is 0. The van der Waals surface area contributed by atoms with Gasteiger partial charge in [0, 0.05) is 17.0 Å². The lowest BCUT2D eigenvalue weighted by Gasteiger charge is -2.34. The molecule has 2 heterocycles. The maximum atomic E-state index is 12.0. The van der Waals surface area contributed by atoms with E-state index in [0.717, 1.165) is 11.8 Å². The zero-order chi connectivity index (χ0) is 17.0. The molecule has 1 atom stereocenters. The minimum absolute atomic E-state index is 0.0215. The highest BCUT2D eigenvalue weighted by atomic mass is 32.2. The van der Waals surface area contributed by atoms with Crippen LogP contribution in [0.1, 0.15) is 13.8 Å². The Balaban J connectivity index is 2.13. The number of thioether (sulfide) groups is 1. The molecule has 1 aromatic rings. The molecule has 23 heavy (non-hydrogen) atoms. The fourth-order valence-electron chi connectivity index (χ4n) is 2.11. The Hall–Kier alpha value is -2.36. The molecule has 1 aliphatic heterocycles. The summed E-state index contributed by atoms with van der Waals surface area (Å²) in [5.74, 6) is -1.66. The fraction of sp³-hybridized carbons (Fsp3) is 0.357. The molecule has 2 amide bonds. The van der Waals surface area contributed by atoms with E-state index < -0.39 is 17.2 Å².